The third-order valence-electron chi connectivity index (χ3n) is 2.99. The fourth-order valence-corrected chi connectivity index (χ4v) is 2.40. The molecule has 0 fully saturated rings. The van der Waals surface area contributed by atoms with Crippen molar-refractivity contribution >= 4 is 29.2 Å². The lowest BCUT2D eigenvalue weighted by Gasteiger charge is -2.16. The number of carboxylic acid groups (broad SMARTS) is 1. The van der Waals surface area contributed by atoms with E-state index in [1.165, 1.54) is 7.11 Å². The molecule has 0 aliphatic rings. The SMILES string of the molecule is COc1ccc(C[C@@H](Oc2cccc(Cl)c2)C(=O)O)cc1Cl. The second-order valence-electron chi connectivity index (χ2n) is 4.58. The second kappa shape index (κ2) is 7.38. The van der Waals surface area contributed by atoms with E-state index in [-0.39, 0.29) is 6.42 Å². The van der Waals surface area contributed by atoms with Gasteiger partial charge in [0.15, 0.2) is 6.10 Å². The molecular formula is C16H14Cl2O4. The molecule has 0 saturated heterocycles. The molecule has 0 unspecified atom stereocenters. The molecule has 4 nitrogen and oxygen atoms in total. The van der Waals surface area contributed by atoms with E-state index >= 15 is 0 Å². The largest absolute Gasteiger partial charge is 0.495 e. The van der Waals surface area contributed by atoms with Crippen LogP contribution >= 0.6 is 23.2 Å². The van der Waals surface area contributed by atoms with Gasteiger partial charge in [-0.15, -0.1) is 0 Å². The summed E-state index contributed by atoms with van der Waals surface area (Å²) in [5, 5.41) is 10.2. The number of ether oxygens (including phenoxy) is 2. The van der Waals surface area contributed by atoms with Crippen molar-refractivity contribution in [2.75, 3.05) is 7.11 Å². The van der Waals surface area contributed by atoms with Crippen LogP contribution in [0.3, 0.4) is 0 Å². The molecule has 0 heterocycles. The Morgan fingerprint density at radius 1 is 1.23 bits per heavy atom. The molecule has 2 aromatic rings. The van der Waals surface area contributed by atoms with Gasteiger partial charge >= 0.3 is 5.97 Å². The number of aliphatic carboxylic acids is 1. The predicted molar refractivity (Wildman–Crippen MR) is 85.2 cm³/mol. The zero-order chi connectivity index (χ0) is 16.1. The summed E-state index contributed by atoms with van der Waals surface area (Å²) in [6.45, 7) is 0. The highest BCUT2D eigenvalue weighted by Gasteiger charge is 2.20. The monoisotopic (exact) mass is 340 g/mol. The van der Waals surface area contributed by atoms with Gasteiger partial charge in [0.05, 0.1) is 12.1 Å². The van der Waals surface area contributed by atoms with Gasteiger partial charge in [-0.25, -0.2) is 4.79 Å². The van der Waals surface area contributed by atoms with E-state index in [4.69, 9.17) is 32.7 Å². The Balaban J connectivity index is 2.15. The van der Waals surface area contributed by atoms with E-state index in [2.05, 4.69) is 0 Å². The van der Waals surface area contributed by atoms with Crippen molar-refractivity contribution in [3.8, 4) is 11.5 Å². The summed E-state index contributed by atoms with van der Waals surface area (Å²) in [7, 11) is 1.52. The van der Waals surface area contributed by atoms with Crippen LogP contribution in [0.2, 0.25) is 10.0 Å². The lowest BCUT2D eigenvalue weighted by Crippen LogP contribution is -2.29. The zero-order valence-electron chi connectivity index (χ0n) is 11.8. The highest BCUT2D eigenvalue weighted by Crippen LogP contribution is 2.26. The zero-order valence-corrected chi connectivity index (χ0v) is 13.3. The molecule has 6 heteroatoms. The summed E-state index contributed by atoms with van der Waals surface area (Å²) in [5.74, 6) is -0.125. The quantitative estimate of drug-likeness (QED) is 0.860. The average molecular weight is 341 g/mol. The molecule has 116 valence electrons. The lowest BCUT2D eigenvalue weighted by molar-refractivity contribution is -0.145. The fourth-order valence-electron chi connectivity index (χ4n) is 1.93. The van der Waals surface area contributed by atoms with E-state index in [1.807, 2.05) is 0 Å². The molecule has 1 N–H and O–H groups in total. The first-order chi connectivity index (χ1) is 10.5. The van der Waals surface area contributed by atoms with Crippen LogP contribution in [0.1, 0.15) is 5.56 Å². The summed E-state index contributed by atoms with van der Waals surface area (Å²) in [6.07, 6.45) is -0.867. The molecule has 0 radical (unpaired) electrons. The summed E-state index contributed by atoms with van der Waals surface area (Å²) >= 11 is 11.9. The maximum absolute atomic E-state index is 11.4. The number of hydrogen-bond donors (Lipinski definition) is 1. The van der Waals surface area contributed by atoms with Gasteiger partial charge in [-0.2, -0.15) is 0 Å². The number of halogens is 2. The highest BCUT2D eigenvalue weighted by molar-refractivity contribution is 6.32. The molecule has 0 bridgehead atoms. The normalized spacial score (nSPS) is 11.8. The number of rotatable bonds is 6. The van der Waals surface area contributed by atoms with Crippen LogP contribution in [0, 0.1) is 0 Å². The van der Waals surface area contributed by atoms with Crippen molar-refractivity contribution in [3.05, 3.63) is 58.1 Å². The minimum Gasteiger partial charge on any atom is -0.495 e. The second-order valence-corrected chi connectivity index (χ2v) is 5.42. The molecule has 0 aromatic heterocycles. The van der Waals surface area contributed by atoms with Crippen LogP contribution in [-0.2, 0) is 11.2 Å². The van der Waals surface area contributed by atoms with E-state index in [0.717, 1.165) is 5.56 Å². The molecule has 0 aliphatic carbocycles. The van der Waals surface area contributed by atoms with E-state index in [1.54, 1.807) is 42.5 Å². The van der Waals surface area contributed by atoms with E-state index in [9.17, 15) is 9.90 Å². The van der Waals surface area contributed by atoms with E-state index < -0.39 is 12.1 Å². The highest BCUT2D eigenvalue weighted by atomic mass is 35.5. The molecule has 1 atom stereocenters. The Hall–Kier alpha value is -1.91. The van der Waals surface area contributed by atoms with Crippen LogP contribution in [-0.4, -0.2) is 24.3 Å². The molecule has 2 aromatic carbocycles. The number of carboxylic acids is 1. The molecule has 0 amide bonds. The van der Waals surface area contributed by atoms with Crippen molar-refractivity contribution in [1.82, 2.24) is 0 Å². The Morgan fingerprint density at radius 2 is 2.00 bits per heavy atom. The van der Waals surface area contributed by atoms with Gasteiger partial charge in [0, 0.05) is 11.4 Å². The van der Waals surface area contributed by atoms with Crippen molar-refractivity contribution in [3.63, 3.8) is 0 Å². The van der Waals surface area contributed by atoms with Gasteiger partial charge < -0.3 is 14.6 Å². The number of benzene rings is 2. The third kappa shape index (κ3) is 4.29. The smallest absolute Gasteiger partial charge is 0.345 e. The summed E-state index contributed by atoms with van der Waals surface area (Å²) in [6, 6.07) is 11.7. The van der Waals surface area contributed by atoms with Gasteiger partial charge in [-0.3, -0.25) is 0 Å². The number of hydrogen-bond acceptors (Lipinski definition) is 3. The average Bonchev–Trinajstić information content (AvgIpc) is 2.46. The molecule has 0 spiro atoms. The summed E-state index contributed by atoms with van der Waals surface area (Å²) in [5.41, 5.74) is 0.736. The van der Waals surface area contributed by atoms with E-state index in [0.29, 0.717) is 21.5 Å². The fraction of sp³-hybridized carbons (Fsp3) is 0.188. The first-order valence-corrected chi connectivity index (χ1v) is 7.22. The van der Waals surface area contributed by atoms with Crippen molar-refractivity contribution in [1.29, 1.82) is 0 Å². The minimum atomic E-state index is -1.06. The lowest BCUT2D eigenvalue weighted by atomic mass is 10.1. The van der Waals surface area contributed by atoms with Crippen molar-refractivity contribution in [2.24, 2.45) is 0 Å². The maximum atomic E-state index is 11.4. The Morgan fingerprint density at radius 3 is 2.59 bits per heavy atom. The maximum Gasteiger partial charge on any atom is 0.345 e. The molecule has 2 rings (SSSR count). The summed E-state index contributed by atoms with van der Waals surface area (Å²) in [4.78, 5) is 11.4. The van der Waals surface area contributed by atoms with Crippen LogP contribution in [0.15, 0.2) is 42.5 Å². The summed E-state index contributed by atoms with van der Waals surface area (Å²) < 4.78 is 10.6. The van der Waals surface area contributed by atoms with Gasteiger partial charge in [-0.1, -0.05) is 35.3 Å². The standard InChI is InChI=1S/C16H14Cl2O4/c1-21-14-6-5-10(7-13(14)18)8-15(16(19)20)22-12-4-2-3-11(17)9-12/h2-7,9,15H,8H2,1H3,(H,19,20)/t15-/m1/s1. The van der Waals surface area contributed by atoms with Gasteiger partial charge in [0.2, 0.25) is 0 Å². The Kier molecular flexibility index (Phi) is 5.52. The molecule has 0 saturated carbocycles. The predicted octanol–water partition coefficient (Wildman–Crippen LogP) is 4.08. The van der Waals surface area contributed by atoms with Crippen molar-refractivity contribution < 1.29 is 19.4 Å². The Bertz CT molecular complexity index is 673. The minimum absolute atomic E-state index is 0.172. The molecule has 0 aliphatic heterocycles. The van der Waals surface area contributed by atoms with Crippen molar-refractivity contribution in [2.45, 2.75) is 12.5 Å². The molecule has 22 heavy (non-hydrogen) atoms. The van der Waals surface area contributed by atoms with Gasteiger partial charge in [0.25, 0.3) is 0 Å². The van der Waals surface area contributed by atoms with Gasteiger partial charge in [-0.05, 0) is 35.9 Å². The van der Waals surface area contributed by atoms with Crippen LogP contribution in [0.4, 0.5) is 0 Å². The van der Waals surface area contributed by atoms with Crippen LogP contribution in [0.5, 0.6) is 11.5 Å². The molecular weight excluding hydrogens is 327 g/mol. The first-order valence-electron chi connectivity index (χ1n) is 6.47. The first kappa shape index (κ1) is 16.5. The Labute approximate surface area is 138 Å². The van der Waals surface area contributed by atoms with Crippen LogP contribution in [0.25, 0.3) is 0 Å². The number of methoxy groups -OCH3 is 1. The third-order valence-corrected chi connectivity index (χ3v) is 3.52. The van der Waals surface area contributed by atoms with Gasteiger partial charge in [0.1, 0.15) is 11.5 Å². The number of carbonyl (C=O) groups is 1. The van der Waals surface area contributed by atoms with Crippen LogP contribution < -0.4 is 9.47 Å². The topological polar surface area (TPSA) is 55.8 Å².